The van der Waals surface area contributed by atoms with Crippen LogP contribution in [0.5, 0.6) is 11.5 Å². The van der Waals surface area contributed by atoms with Crippen molar-refractivity contribution in [3.05, 3.63) is 55.5 Å². The van der Waals surface area contributed by atoms with Crippen LogP contribution < -0.4 is 14.8 Å². The van der Waals surface area contributed by atoms with Crippen LogP contribution in [0.25, 0.3) is 0 Å². The van der Waals surface area contributed by atoms with Gasteiger partial charge in [0.2, 0.25) is 10.0 Å². The van der Waals surface area contributed by atoms with Gasteiger partial charge in [-0.15, -0.1) is 0 Å². The molecule has 0 spiro atoms. The van der Waals surface area contributed by atoms with Gasteiger partial charge in [0.15, 0.2) is 5.75 Å². The number of piperidine rings is 1. The molecule has 1 saturated heterocycles. The normalized spacial score (nSPS) is 15.3. The van der Waals surface area contributed by atoms with Gasteiger partial charge in [-0.2, -0.15) is 0 Å². The number of non-ortho nitro benzene ring substituents is 1. The van der Waals surface area contributed by atoms with Gasteiger partial charge in [-0.25, -0.2) is 13.1 Å². The molecule has 2 aromatic carbocycles. The van der Waals surface area contributed by atoms with Crippen LogP contribution in [-0.2, 0) is 10.0 Å². The summed E-state index contributed by atoms with van der Waals surface area (Å²) in [6.07, 6.45) is 1.36. The van der Waals surface area contributed by atoms with Gasteiger partial charge >= 0.3 is 0 Å². The third-order valence-electron chi connectivity index (χ3n) is 4.28. The molecule has 0 bridgehead atoms. The molecule has 12 heteroatoms. The Morgan fingerprint density at radius 2 is 1.69 bits per heavy atom. The van der Waals surface area contributed by atoms with E-state index in [9.17, 15) is 18.5 Å². The molecule has 2 aromatic rings. The second-order valence-electron chi connectivity index (χ2n) is 6.34. The lowest BCUT2D eigenvalue weighted by Gasteiger charge is -2.23. The van der Waals surface area contributed by atoms with Crippen LogP contribution in [0.4, 0.5) is 5.69 Å². The summed E-state index contributed by atoms with van der Waals surface area (Å²) >= 11 is 18.4. The van der Waals surface area contributed by atoms with Crippen LogP contribution in [-0.4, -0.2) is 32.5 Å². The summed E-state index contributed by atoms with van der Waals surface area (Å²) in [5.41, 5.74) is -0.204. The van der Waals surface area contributed by atoms with Crippen LogP contribution in [0.2, 0.25) is 15.1 Å². The Balaban J connectivity index is 1.85. The molecule has 3 rings (SSSR count). The average Bonchev–Trinajstić information content (AvgIpc) is 2.65. The Labute approximate surface area is 182 Å². The van der Waals surface area contributed by atoms with E-state index in [0.717, 1.165) is 19.2 Å². The number of nitro groups is 1. The number of halogens is 3. The molecule has 1 aliphatic rings. The van der Waals surface area contributed by atoms with Gasteiger partial charge in [-0.05, 0) is 44.1 Å². The lowest BCUT2D eigenvalue weighted by atomic mass is 10.1. The highest BCUT2D eigenvalue weighted by Gasteiger charge is 2.24. The maximum Gasteiger partial charge on any atom is 0.271 e. The number of benzene rings is 2. The molecular formula is C17H16Cl3N3O5S. The summed E-state index contributed by atoms with van der Waals surface area (Å²) in [6.45, 7) is 1.47. The van der Waals surface area contributed by atoms with Gasteiger partial charge in [-0.3, -0.25) is 10.1 Å². The Bertz CT molecular complexity index is 1020. The largest absolute Gasteiger partial charge is 0.453 e. The van der Waals surface area contributed by atoms with Crippen LogP contribution in [0, 0.1) is 10.1 Å². The van der Waals surface area contributed by atoms with E-state index in [1.54, 1.807) is 0 Å². The molecule has 0 aliphatic carbocycles. The number of sulfonamides is 1. The number of nitrogens with one attached hydrogen (secondary N) is 2. The van der Waals surface area contributed by atoms with Crippen molar-refractivity contribution in [1.29, 1.82) is 0 Å². The molecule has 2 N–H and O–H groups in total. The average molecular weight is 481 g/mol. The highest BCUT2D eigenvalue weighted by molar-refractivity contribution is 7.89. The van der Waals surface area contributed by atoms with Crippen LogP contribution >= 0.6 is 34.8 Å². The van der Waals surface area contributed by atoms with E-state index in [4.69, 9.17) is 39.5 Å². The van der Waals surface area contributed by atoms with E-state index in [-0.39, 0.29) is 43.2 Å². The minimum atomic E-state index is -3.82. The Morgan fingerprint density at radius 1 is 1.07 bits per heavy atom. The van der Waals surface area contributed by atoms with Crippen LogP contribution in [0.3, 0.4) is 0 Å². The summed E-state index contributed by atoms with van der Waals surface area (Å²) < 4.78 is 33.5. The Hall–Kier alpha value is -1.62. The maximum absolute atomic E-state index is 12.7. The predicted molar refractivity (Wildman–Crippen MR) is 111 cm³/mol. The number of nitrogens with zero attached hydrogens (tertiary/aromatic N) is 1. The second kappa shape index (κ2) is 9.03. The van der Waals surface area contributed by atoms with Gasteiger partial charge in [0, 0.05) is 18.2 Å². The molecular weight excluding hydrogens is 465 g/mol. The van der Waals surface area contributed by atoms with Crippen molar-refractivity contribution in [2.75, 3.05) is 13.1 Å². The lowest BCUT2D eigenvalue weighted by Crippen LogP contribution is -2.42. The zero-order valence-corrected chi connectivity index (χ0v) is 17.9. The molecule has 1 aliphatic heterocycles. The first kappa shape index (κ1) is 22.1. The topological polar surface area (TPSA) is 111 Å². The maximum atomic E-state index is 12.7. The number of hydrogen-bond acceptors (Lipinski definition) is 6. The highest BCUT2D eigenvalue weighted by Crippen LogP contribution is 2.41. The van der Waals surface area contributed by atoms with E-state index in [0.29, 0.717) is 12.8 Å². The van der Waals surface area contributed by atoms with Crippen molar-refractivity contribution in [3.63, 3.8) is 0 Å². The number of nitro benzene ring substituents is 1. The highest BCUT2D eigenvalue weighted by atomic mass is 35.5. The first-order valence-corrected chi connectivity index (χ1v) is 11.1. The molecule has 1 heterocycles. The standard InChI is InChI=1S/C17H16Cl3N3O5S/c18-13-7-11(23(24)25)1-2-16(13)28-17-14(19)8-12(9-15(17)20)29(26,27)22-10-3-5-21-6-4-10/h1-2,7-10,21-22H,3-6H2. The zero-order valence-electron chi connectivity index (χ0n) is 14.8. The molecule has 1 fully saturated rings. The SMILES string of the molecule is O=[N+]([O-])c1ccc(Oc2c(Cl)cc(S(=O)(=O)NC3CCNCC3)cc2Cl)c(Cl)c1. The molecule has 8 nitrogen and oxygen atoms in total. The van der Waals surface area contributed by atoms with Gasteiger partial charge in [-0.1, -0.05) is 34.8 Å². The summed E-state index contributed by atoms with van der Waals surface area (Å²) in [4.78, 5) is 10.1. The van der Waals surface area contributed by atoms with E-state index in [1.165, 1.54) is 24.3 Å². The van der Waals surface area contributed by atoms with Crippen molar-refractivity contribution in [3.8, 4) is 11.5 Å². The third-order valence-corrected chi connectivity index (χ3v) is 6.64. The molecule has 0 saturated carbocycles. The lowest BCUT2D eigenvalue weighted by molar-refractivity contribution is -0.384. The summed E-state index contributed by atoms with van der Waals surface area (Å²) in [7, 11) is -3.82. The van der Waals surface area contributed by atoms with E-state index in [1.807, 2.05) is 0 Å². The minimum absolute atomic E-state index is 0.00935. The van der Waals surface area contributed by atoms with Crippen molar-refractivity contribution in [1.82, 2.24) is 10.0 Å². The van der Waals surface area contributed by atoms with Crippen LogP contribution in [0.1, 0.15) is 12.8 Å². The van der Waals surface area contributed by atoms with Crippen molar-refractivity contribution < 1.29 is 18.1 Å². The van der Waals surface area contributed by atoms with E-state index in [2.05, 4.69) is 10.0 Å². The monoisotopic (exact) mass is 479 g/mol. The summed E-state index contributed by atoms with van der Waals surface area (Å²) in [5.74, 6) is 0.0782. The van der Waals surface area contributed by atoms with Crippen LogP contribution in [0.15, 0.2) is 35.2 Å². The minimum Gasteiger partial charge on any atom is -0.453 e. The van der Waals surface area contributed by atoms with Crippen molar-refractivity contribution in [2.24, 2.45) is 0 Å². The first-order chi connectivity index (χ1) is 13.7. The smallest absolute Gasteiger partial charge is 0.271 e. The number of hydrogen-bond donors (Lipinski definition) is 2. The molecule has 0 unspecified atom stereocenters. The van der Waals surface area contributed by atoms with Gasteiger partial charge < -0.3 is 10.1 Å². The van der Waals surface area contributed by atoms with E-state index >= 15 is 0 Å². The molecule has 0 aromatic heterocycles. The third kappa shape index (κ3) is 5.30. The predicted octanol–water partition coefficient (Wildman–Crippen LogP) is 4.38. The molecule has 156 valence electrons. The molecule has 29 heavy (non-hydrogen) atoms. The quantitative estimate of drug-likeness (QED) is 0.469. The summed E-state index contributed by atoms with van der Waals surface area (Å²) in [6, 6.07) is 5.92. The van der Waals surface area contributed by atoms with Crippen molar-refractivity contribution >= 4 is 50.5 Å². The molecule has 0 amide bonds. The van der Waals surface area contributed by atoms with Gasteiger partial charge in [0.05, 0.1) is 24.9 Å². The van der Waals surface area contributed by atoms with Crippen molar-refractivity contribution in [2.45, 2.75) is 23.8 Å². The van der Waals surface area contributed by atoms with Gasteiger partial charge in [0.1, 0.15) is 5.75 Å². The Morgan fingerprint density at radius 3 is 2.24 bits per heavy atom. The number of ether oxygens (including phenoxy) is 1. The zero-order chi connectivity index (χ0) is 21.2. The Kier molecular flexibility index (Phi) is 6.87. The fourth-order valence-electron chi connectivity index (χ4n) is 2.81. The second-order valence-corrected chi connectivity index (χ2v) is 9.27. The molecule has 0 atom stereocenters. The fourth-order valence-corrected chi connectivity index (χ4v) is 5.08. The first-order valence-electron chi connectivity index (χ1n) is 8.51. The molecule has 0 radical (unpaired) electrons. The number of rotatable bonds is 6. The van der Waals surface area contributed by atoms with E-state index < -0.39 is 14.9 Å². The van der Waals surface area contributed by atoms with Gasteiger partial charge in [0.25, 0.3) is 5.69 Å². The summed E-state index contributed by atoms with van der Waals surface area (Å²) in [5, 5.41) is 13.9. The fraction of sp³-hybridized carbons (Fsp3) is 0.294.